The molecular weight excluding hydrogens is 254 g/mol. The van der Waals surface area contributed by atoms with Gasteiger partial charge >= 0.3 is 0 Å². The van der Waals surface area contributed by atoms with Crippen molar-refractivity contribution in [1.29, 1.82) is 0 Å². The molecule has 0 aliphatic carbocycles. The normalized spacial score (nSPS) is 13.4. The molecule has 6 nitrogen and oxygen atoms in total. The Kier molecular flexibility index (Phi) is 3.41. The Morgan fingerprint density at radius 2 is 2.10 bits per heavy atom. The van der Waals surface area contributed by atoms with Gasteiger partial charge < -0.3 is 11.1 Å². The van der Waals surface area contributed by atoms with Crippen molar-refractivity contribution in [2.75, 3.05) is 5.73 Å². The number of nitrogens with zero attached hydrogens (tertiary/aromatic N) is 3. The molecule has 0 bridgehead atoms. The quantitative estimate of drug-likeness (QED) is 0.875. The molecule has 6 heteroatoms. The number of anilines is 1. The minimum atomic E-state index is -0.463. The second kappa shape index (κ2) is 4.77. The maximum Gasteiger partial charge on any atom is 0.243 e. The highest BCUT2D eigenvalue weighted by Gasteiger charge is 2.24. The van der Waals surface area contributed by atoms with Gasteiger partial charge in [0.25, 0.3) is 0 Å². The number of hydrogen-bond acceptors (Lipinski definition) is 4. The molecule has 0 aliphatic heterocycles. The van der Waals surface area contributed by atoms with Crippen LogP contribution in [0.25, 0.3) is 11.2 Å². The van der Waals surface area contributed by atoms with Gasteiger partial charge in [-0.05, 0) is 46.2 Å². The number of amides is 1. The molecular formula is C14H21N5O. The molecule has 108 valence electrons. The molecule has 2 aromatic heterocycles. The summed E-state index contributed by atoms with van der Waals surface area (Å²) in [5.74, 6) is 0.195. The third-order valence-corrected chi connectivity index (χ3v) is 2.96. The van der Waals surface area contributed by atoms with E-state index in [9.17, 15) is 4.79 Å². The van der Waals surface area contributed by atoms with Gasteiger partial charge in [-0.3, -0.25) is 9.36 Å². The highest BCUT2D eigenvalue weighted by atomic mass is 16.2. The number of hydrogen-bond donors (Lipinski definition) is 2. The van der Waals surface area contributed by atoms with Crippen molar-refractivity contribution in [1.82, 2.24) is 19.9 Å². The number of pyridine rings is 1. The summed E-state index contributed by atoms with van der Waals surface area (Å²) in [7, 11) is 0. The molecule has 0 spiro atoms. The van der Waals surface area contributed by atoms with E-state index < -0.39 is 6.04 Å². The Morgan fingerprint density at radius 1 is 1.45 bits per heavy atom. The zero-order chi connectivity index (χ0) is 15.1. The Labute approximate surface area is 118 Å². The Hall–Kier alpha value is -2.11. The van der Waals surface area contributed by atoms with E-state index in [-0.39, 0.29) is 11.4 Å². The first-order valence-corrected chi connectivity index (χ1v) is 6.61. The minimum absolute atomic E-state index is 0.106. The monoisotopic (exact) mass is 275 g/mol. The summed E-state index contributed by atoms with van der Waals surface area (Å²) in [5, 5.41) is 2.94. The van der Waals surface area contributed by atoms with Gasteiger partial charge in [0.2, 0.25) is 11.9 Å². The van der Waals surface area contributed by atoms with E-state index >= 15 is 0 Å². The maximum atomic E-state index is 12.3. The molecule has 1 atom stereocenters. The Balaban J connectivity index is 2.42. The van der Waals surface area contributed by atoms with Crippen molar-refractivity contribution < 1.29 is 4.79 Å². The smallest absolute Gasteiger partial charge is 0.243 e. The molecule has 0 radical (unpaired) electrons. The van der Waals surface area contributed by atoms with Gasteiger partial charge in [0.15, 0.2) is 5.65 Å². The van der Waals surface area contributed by atoms with Gasteiger partial charge in [0.1, 0.15) is 11.6 Å². The number of carbonyl (C=O) groups is 1. The first-order valence-electron chi connectivity index (χ1n) is 6.61. The van der Waals surface area contributed by atoms with E-state index in [2.05, 4.69) is 15.3 Å². The second-order valence-corrected chi connectivity index (χ2v) is 6.11. The van der Waals surface area contributed by atoms with Crippen LogP contribution in [-0.2, 0) is 4.79 Å². The van der Waals surface area contributed by atoms with Gasteiger partial charge in [0.05, 0.1) is 0 Å². The van der Waals surface area contributed by atoms with Crippen LogP contribution < -0.4 is 11.1 Å². The predicted octanol–water partition coefficient (Wildman–Crippen LogP) is 1.80. The third kappa shape index (κ3) is 2.74. The van der Waals surface area contributed by atoms with Crippen LogP contribution in [-0.4, -0.2) is 26.0 Å². The second-order valence-electron chi connectivity index (χ2n) is 6.11. The lowest BCUT2D eigenvalue weighted by Gasteiger charge is -2.24. The highest BCUT2D eigenvalue weighted by molar-refractivity contribution is 5.84. The van der Waals surface area contributed by atoms with Crippen molar-refractivity contribution in [2.24, 2.45) is 0 Å². The van der Waals surface area contributed by atoms with Gasteiger partial charge in [-0.25, -0.2) is 9.97 Å². The first kappa shape index (κ1) is 14.3. The first-order chi connectivity index (χ1) is 9.19. The highest BCUT2D eigenvalue weighted by Crippen LogP contribution is 2.22. The van der Waals surface area contributed by atoms with Crippen molar-refractivity contribution >= 4 is 23.0 Å². The standard InChI is InChI=1S/C14H21N5O/c1-8-6-10-11(16-7-8)19(13(15)17-10)9(2)12(20)18-14(3,4)5/h6-7,9H,1-5H3,(H2,15,17)(H,18,20). The summed E-state index contributed by atoms with van der Waals surface area (Å²) in [6.07, 6.45) is 1.74. The third-order valence-electron chi connectivity index (χ3n) is 2.96. The van der Waals surface area contributed by atoms with Crippen LogP contribution in [0.1, 0.15) is 39.3 Å². The summed E-state index contributed by atoms with van der Waals surface area (Å²) in [4.78, 5) is 20.9. The van der Waals surface area contributed by atoms with E-state index in [1.165, 1.54) is 0 Å². The Morgan fingerprint density at radius 3 is 2.70 bits per heavy atom. The number of aromatic nitrogens is 3. The fourth-order valence-electron chi connectivity index (χ4n) is 2.07. The van der Waals surface area contributed by atoms with Crippen LogP contribution in [0.2, 0.25) is 0 Å². The van der Waals surface area contributed by atoms with Crippen molar-refractivity contribution in [3.8, 4) is 0 Å². The van der Waals surface area contributed by atoms with Gasteiger partial charge in [-0.1, -0.05) is 0 Å². The molecule has 0 aliphatic rings. The van der Waals surface area contributed by atoms with Crippen LogP contribution in [0.5, 0.6) is 0 Å². The molecule has 0 fully saturated rings. The lowest BCUT2D eigenvalue weighted by atomic mass is 10.1. The summed E-state index contributed by atoms with van der Waals surface area (Å²) in [6, 6.07) is 1.44. The molecule has 0 saturated carbocycles. The Bertz CT molecular complexity index is 653. The van der Waals surface area contributed by atoms with Crippen molar-refractivity contribution in [2.45, 2.75) is 46.2 Å². The van der Waals surface area contributed by atoms with Crippen LogP contribution >= 0.6 is 0 Å². The number of nitrogen functional groups attached to an aromatic ring is 1. The van der Waals surface area contributed by atoms with E-state index in [4.69, 9.17) is 5.73 Å². The molecule has 2 aromatic rings. The fourth-order valence-corrected chi connectivity index (χ4v) is 2.07. The fraction of sp³-hybridized carbons (Fsp3) is 0.500. The van der Waals surface area contributed by atoms with E-state index in [1.807, 2.05) is 33.8 Å². The molecule has 2 rings (SSSR count). The molecule has 20 heavy (non-hydrogen) atoms. The van der Waals surface area contributed by atoms with Crippen LogP contribution in [0.3, 0.4) is 0 Å². The lowest BCUT2D eigenvalue weighted by molar-refractivity contribution is -0.125. The van der Waals surface area contributed by atoms with Gasteiger partial charge in [0, 0.05) is 11.7 Å². The summed E-state index contributed by atoms with van der Waals surface area (Å²) >= 11 is 0. The molecule has 0 saturated heterocycles. The van der Waals surface area contributed by atoms with Crippen molar-refractivity contribution in [3.05, 3.63) is 17.8 Å². The zero-order valence-electron chi connectivity index (χ0n) is 12.6. The van der Waals surface area contributed by atoms with Crippen LogP contribution in [0.4, 0.5) is 5.95 Å². The molecule has 1 unspecified atom stereocenters. The molecule has 1 amide bonds. The average Bonchev–Trinajstić information content (AvgIpc) is 2.60. The number of nitrogens with two attached hydrogens (primary N) is 1. The zero-order valence-corrected chi connectivity index (χ0v) is 12.6. The summed E-state index contributed by atoms with van der Waals surface area (Å²) in [6.45, 7) is 9.55. The molecule has 2 heterocycles. The van der Waals surface area contributed by atoms with E-state index in [0.29, 0.717) is 17.1 Å². The molecule has 0 aromatic carbocycles. The van der Waals surface area contributed by atoms with Crippen LogP contribution in [0.15, 0.2) is 12.3 Å². The number of aryl methyl sites for hydroxylation is 1. The SMILES string of the molecule is Cc1cnc2c(c1)nc(N)n2C(C)C(=O)NC(C)(C)C. The van der Waals surface area contributed by atoms with E-state index in [1.54, 1.807) is 17.7 Å². The number of carbonyl (C=O) groups excluding carboxylic acids is 1. The van der Waals surface area contributed by atoms with Gasteiger partial charge in [-0.15, -0.1) is 0 Å². The molecule has 3 N–H and O–H groups in total. The maximum absolute atomic E-state index is 12.3. The lowest BCUT2D eigenvalue weighted by Crippen LogP contribution is -2.43. The number of fused-ring (bicyclic) bond motifs is 1. The number of rotatable bonds is 2. The number of imidazole rings is 1. The summed E-state index contributed by atoms with van der Waals surface area (Å²) < 4.78 is 1.66. The number of nitrogens with one attached hydrogen (secondary N) is 1. The van der Waals surface area contributed by atoms with E-state index in [0.717, 1.165) is 5.56 Å². The van der Waals surface area contributed by atoms with Crippen molar-refractivity contribution in [3.63, 3.8) is 0 Å². The predicted molar refractivity (Wildman–Crippen MR) is 79.3 cm³/mol. The average molecular weight is 275 g/mol. The summed E-state index contributed by atoms with van der Waals surface area (Å²) in [5.41, 5.74) is 7.99. The minimum Gasteiger partial charge on any atom is -0.369 e. The van der Waals surface area contributed by atoms with Crippen LogP contribution in [0, 0.1) is 6.92 Å². The topological polar surface area (TPSA) is 85.8 Å². The van der Waals surface area contributed by atoms with Gasteiger partial charge in [-0.2, -0.15) is 0 Å². The largest absolute Gasteiger partial charge is 0.369 e.